The number of amides is 1. The molecule has 176 valence electrons. The summed E-state index contributed by atoms with van der Waals surface area (Å²) in [7, 11) is 1.77. The second kappa shape index (κ2) is 10.0. The van der Waals surface area contributed by atoms with Crippen molar-refractivity contribution in [3.63, 3.8) is 0 Å². The van der Waals surface area contributed by atoms with E-state index in [1.807, 2.05) is 23.1 Å². The molecule has 1 fully saturated rings. The predicted molar refractivity (Wildman–Crippen MR) is 113 cm³/mol. The lowest BCUT2D eigenvalue weighted by molar-refractivity contribution is -0.192. The van der Waals surface area contributed by atoms with Gasteiger partial charge < -0.3 is 20.5 Å². The van der Waals surface area contributed by atoms with Crippen LogP contribution >= 0.6 is 0 Å². The van der Waals surface area contributed by atoms with Gasteiger partial charge in [0.05, 0.1) is 19.3 Å². The third kappa shape index (κ3) is 5.49. The second-order valence-corrected chi connectivity index (χ2v) is 7.33. The van der Waals surface area contributed by atoms with E-state index in [9.17, 15) is 18.0 Å². The molecule has 3 aromatic rings. The van der Waals surface area contributed by atoms with Crippen molar-refractivity contribution in [2.75, 3.05) is 19.7 Å². The Kier molecular flexibility index (Phi) is 7.34. The molecule has 11 heteroatoms. The number of aliphatic carboxylic acids is 1. The van der Waals surface area contributed by atoms with Crippen LogP contribution < -0.4 is 5.73 Å². The molecular weight excluding hydrogens is 441 g/mol. The molecule has 1 amide bonds. The first kappa shape index (κ1) is 24.2. The van der Waals surface area contributed by atoms with Gasteiger partial charge in [0.25, 0.3) is 5.91 Å². The normalized spacial score (nSPS) is 16.3. The molecule has 0 saturated carbocycles. The van der Waals surface area contributed by atoms with Crippen molar-refractivity contribution in [1.29, 1.82) is 0 Å². The zero-order valence-electron chi connectivity index (χ0n) is 17.7. The molecule has 1 unspecified atom stereocenters. The highest BCUT2D eigenvalue weighted by molar-refractivity contribution is 5.94. The molecule has 1 aliphatic heterocycles. The number of halogens is 3. The van der Waals surface area contributed by atoms with Gasteiger partial charge >= 0.3 is 12.1 Å². The van der Waals surface area contributed by atoms with Crippen molar-refractivity contribution in [2.24, 2.45) is 12.8 Å². The maximum absolute atomic E-state index is 13.1. The Morgan fingerprint density at radius 2 is 1.88 bits per heavy atom. The number of alkyl halides is 3. The molecule has 8 nitrogen and oxygen atoms in total. The van der Waals surface area contributed by atoms with Gasteiger partial charge in [-0.2, -0.15) is 18.3 Å². The van der Waals surface area contributed by atoms with Crippen molar-refractivity contribution in [2.45, 2.75) is 18.8 Å². The zero-order valence-corrected chi connectivity index (χ0v) is 17.7. The van der Waals surface area contributed by atoms with Crippen LogP contribution in [0, 0.1) is 0 Å². The van der Waals surface area contributed by atoms with Crippen LogP contribution in [0.5, 0.6) is 0 Å². The zero-order chi connectivity index (χ0) is 24.2. The van der Waals surface area contributed by atoms with E-state index >= 15 is 0 Å². The van der Waals surface area contributed by atoms with Gasteiger partial charge in [-0.25, -0.2) is 4.79 Å². The molecule has 33 heavy (non-hydrogen) atoms. The summed E-state index contributed by atoms with van der Waals surface area (Å²) in [6.07, 6.45) is -3.57. The number of aryl methyl sites for hydroxylation is 1. The molecule has 1 atom stereocenters. The number of rotatable bonds is 3. The van der Waals surface area contributed by atoms with Gasteiger partial charge in [-0.3, -0.25) is 9.48 Å². The van der Waals surface area contributed by atoms with E-state index in [4.69, 9.17) is 20.4 Å². The number of ether oxygens (including phenoxy) is 1. The first-order chi connectivity index (χ1) is 15.6. The van der Waals surface area contributed by atoms with Crippen LogP contribution in [0.3, 0.4) is 0 Å². The molecule has 4 rings (SSSR count). The molecule has 0 radical (unpaired) electrons. The van der Waals surface area contributed by atoms with E-state index in [2.05, 4.69) is 29.4 Å². The lowest BCUT2D eigenvalue weighted by Gasteiger charge is -2.33. The van der Waals surface area contributed by atoms with Crippen molar-refractivity contribution < 1.29 is 32.6 Å². The lowest BCUT2D eigenvalue weighted by Crippen LogP contribution is -2.43. The molecule has 1 saturated heterocycles. The molecule has 2 heterocycles. The molecule has 0 aliphatic carbocycles. The molecule has 0 bridgehead atoms. The minimum Gasteiger partial charge on any atom is -0.475 e. The van der Waals surface area contributed by atoms with Gasteiger partial charge in [0.15, 0.2) is 0 Å². The SMILES string of the molecule is Cn1ncc(CN)c1C(=O)N1CCOC(c2cccc3ccccc23)C1.O=C(O)C(F)(F)F. The molecule has 1 aliphatic rings. The Labute approximate surface area is 187 Å². The van der Waals surface area contributed by atoms with Crippen LogP contribution in [-0.4, -0.2) is 57.5 Å². The van der Waals surface area contributed by atoms with Crippen LogP contribution in [0.15, 0.2) is 48.7 Å². The van der Waals surface area contributed by atoms with Crippen molar-refractivity contribution in [3.8, 4) is 0 Å². The average Bonchev–Trinajstić information content (AvgIpc) is 3.18. The first-order valence-corrected chi connectivity index (χ1v) is 10.0. The van der Waals surface area contributed by atoms with Crippen molar-refractivity contribution in [3.05, 3.63) is 65.5 Å². The maximum atomic E-state index is 13.1. The quantitative estimate of drug-likeness (QED) is 0.617. The number of hydrogen-bond acceptors (Lipinski definition) is 5. The van der Waals surface area contributed by atoms with Gasteiger partial charge in [-0.1, -0.05) is 42.5 Å². The van der Waals surface area contributed by atoms with Crippen LogP contribution in [0.25, 0.3) is 10.8 Å². The van der Waals surface area contributed by atoms with Crippen LogP contribution in [0.1, 0.15) is 27.7 Å². The lowest BCUT2D eigenvalue weighted by atomic mass is 9.99. The van der Waals surface area contributed by atoms with E-state index in [0.29, 0.717) is 31.9 Å². The van der Waals surface area contributed by atoms with Gasteiger partial charge in [-0.15, -0.1) is 0 Å². The summed E-state index contributed by atoms with van der Waals surface area (Å²) < 4.78 is 39.4. The van der Waals surface area contributed by atoms with Gasteiger partial charge in [-0.05, 0) is 16.3 Å². The van der Waals surface area contributed by atoms with Gasteiger partial charge in [0, 0.05) is 25.7 Å². The number of benzene rings is 2. The van der Waals surface area contributed by atoms with E-state index < -0.39 is 12.1 Å². The van der Waals surface area contributed by atoms with E-state index in [1.165, 1.54) is 5.39 Å². The van der Waals surface area contributed by atoms with Crippen LogP contribution in [0.4, 0.5) is 13.2 Å². The highest BCUT2D eigenvalue weighted by Crippen LogP contribution is 2.29. The van der Waals surface area contributed by atoms with Gasteiger partial charge in [0.2, 0.25) is 0 Å². The minimum absolute atomic E-state index is 0.0426. The number of morpholine rings is 1. The van der Waals surface area contributed by atoms with E-state index in [-0.39, 0.29) is 12.0 Å². The van der Waals surface area contributed by atoms with E-state index in [0.717, 1.165) is 16.5 Å². The fourth-order valence-electron chi connectivity index (χ4n) is 3.61. The molecule has 1 aromatic heterocycles. The Morgan fingerprint density at radius 1 is 1.21 bits per heavy atom. The predicted octanol–water partition coefficient (Wildman–Crippen LogP) is 2.88. The maximum Gasteiger partial charge on any atom is 0.490 e. The Morgan fingerprint density at radius 3 is 2.55 bits per heavy atom. The van der Waals surface area contributed by atoms with Crippen LogP contribution in [-0.2, 0) is 23.1 Å². The average molecular weight is 464 g/mol. The molecule has 0 spiro atoms. The standard InChI is InChI=1S/C20H22N4O2.C2HF3O2/c1-23-19(15(11-21)12-22-23)20(25)24-9-10-26-18(13-24)17-8-4-6-14-5-2-3-7-16(14)17;3-2(4,5)1(6)7/h2-8,12,18H,9-11,13,21H2,1H3;(H,6,7). The van der Waals surface area contributed by atoms with Crippen molar-refractivity contribution in [1.82, 2.24) is 14.7 Å². The number of hydrogen-bond donors (Lipinski definition) is 2. The Hall–Kier alpha value is -3.44. The smallest absolute Gasteiger partial charge is 0.475 e. The monoisotopic (exact) mass is 464 g/mol. The first-order valence-electron chi connectivity index (χ1n) is 10.0. The molecule has 2 aromatic carbocycles. The fraction of sp³-hybridized carbons (Fsp3) is 0.318. The Bertz CT molecular complexity index is 1140. The number of nitrogens with two attached hydrogens (primary N) is 1. The number of carboxylic acids is 1. The fourth-order valence-corrected chi connectivity index (χ4v) is 3.61. The van der Waals surface area contributed by atoms with Gasteiger partial charge in [0.1, 0.15) is 11.8 Å². The number of fused-ring (bicyclic) bond motifs is 1. The summed E-state index contributed by atoms with van der Waals surface area (Å²) >= 11 is 0. The summed E-state index contributed by atoms with van der Waals surface area (Å²) in [5.74, 6) is -2.80. The third-order valence-corrected chi connectivity index (χ3v) is 5.20. The highest BCUT2D eigenvalue weighted by atomic mass is 19.4. The molecule has 3 N–H and O–H groups in total. The van der Waals surface area contributed by atoms with E-state index in [1.54, 1.807) is 17.9 Å². The summed E-state index contributed by atoms with van der Waals surface area (Å²) in [5, 5.41) is 13.6. The minimum atomic E-state index is -5.08. The number of carboxylic acid groups (broad SMARTS) is 1. The summed E-state index contributed by atoms with van der Waals surface area (Å²) in [4.78, 5) is 23.8. The Balaban J connectivity index is 0.000000383. The molecular formula is C22H23F3N4O4. The largest absolute Gasteiger partial charge is 0.490 e. The third-order valence-electron chi connectivity index (χ3n) is 5.20. The summed E-state index contributed by atoms with van der Waals surface area (Å²) in [6.45, 7) is 1.89. The number of aromatic nitrogens is 2. The van der Waals surface area contributed by atoms with Crippen LogP contribution in [0.2, 0.25) is 0 Å². The van der Waals surface area contributed by atoms with Crippen molar-refractivity contribution >= 4 is 22.6 Å². The number of carbonyl (C=O) groups is 2. The second-order valence-electron chi connectivity index (χ2n) is 7.33. The summed E-state index contributed by atoms with van der Waals surface area (Å²) in [6, 6.07) is 14.5. The summed E-state index contributed by atoms with van der Waals surface area (Å²) in [5.41, 5.74) is 8.21. The topological polar surface area (TPSA) is 111 Å². The number of carbonyl (C=O) groups excluding carboxylic acids is 1. The highest BCUT2D eigenvalue weighted by Gasteiger charge is 2.38. The number of nitrogens with zero attached hydrogens (tertiary/aromatic N) is 3.